The van der Waals surface area contributed by atoms with Crippen LogP contribution in [0.4, 0.5) is 13.2 Å². The normalized spacial score (nSPS) is 20.2. The average Bonchev–Trinajstić information content (AvgIpc) is 1.92. The molecule has 0 radical (unpaired) electrons. The zero-order valence-corrected chi connectivity index (χ0v) is 7.43. The standard InChI is InChI=1S/C8H11F3O3/c9-8(10,11)5-14-7(2-1-3-7)4-6(12)13/h1-5H2,(H,12,13). The van der Waals surface area contributed by atoms with Crippen molar-refractivity contribution < 1.29 is 27.8 Å². The topological polar surface area (TPSA) is 46.5 Å². The lowest BCUT2D eigenvalue weighted by atomic mass is 9.77. The fourth-order valence-corrected chi connectivity index (χ4v) is 1.45. The van der Waals surface area contributed by atoms with E-state index in [2.05, 4.69) is 4.74 Å². The van der Waals surface area contributed by atoms with Gasteiger partial charge in [-0.05, 0) is 19.3 Å². The van der Waals surface area contributed by atoms with Crippen LogP contribution in [-0.2, 0) is 9.53 Å². The van der Waals surface area contributed by atoms with Crippen LogP contribution in [0.5, 0.6) is 0 Å². The molecular formula is C8H11F3O3. The highest BCUT2D eigenvalue weighted by Gasteiger charge is 2.43. The monoisotopic (exact) mass is 212 g/mol. The third kappa shape index (κ3) is 3.17. The molecule has 0 aromatic carbocycles. The van der Waals surface area contributed by atoms with Gasteiger partial charge < -0.3 is 9.84 Å². The lowest BCUT2D eigenvalue weighted by Gasteiger charge is -2.40. The molecular weight excluding hydrogens is 201 g/mol. The molecule has 1 saturated carbocycles. The molecule has 1 aliphatic carbocycles. The number of hydrogen-bond acceptors (Lipinski definition) is 2. The van der Waals surface area contributed by atoms with E-state index in [4.69, 9.17) is 5.11 Å². The predicted octanol–water partition coefficient (Wildman–Crippen LogP) is 1.96. The second-order valence-electron chi connectivity index (χ2n) is 3.51. The first-order valence-corrected chi connectivity index (χ1v) is 4.26. The van der Waals surface area contributed by atoms with Crippen molar-refractivity contribution >= 4 is 5.97 Å². The Labute approximate surface area is 78.9 Å². The summed E-state index contributed by atoms with van der Waals surface area (Å²) in [7, 11) is 0. The van der Waals surface area contributed by atoms with Gasteiger partial charge in [-0.1, -0.05) is 0 Å². The number of aliphatic carboxylic acids is 1. The van der Waals surface area contributed by atoms with Crippen LogP contribution >= 0.6 is 0 Å². The quantitative estimate of drug-likeness (QED) is 0.774. The van der Waals surface area contributed by atoms with Crippen LogP contribution in [0.2, 0.25) is 0 Å². The lowest BCUT2D eigenvalue weighted by molar-refractivity contribution is -0.223. The first-order chi connectivity index (χ1) is 6.33. The first kappa shape index (κ1) is 11.3. The van der Waals surface area contributed by atoms with Crippen molar-refractivity contribution in [2.75, 3.05) is 6.61 Å². The molecule has 0 aliphatic heterocycles. The third-order valence-corrected chi connectivity index (χ3v) is 2.28. The van der Waals surface area contributed by atoms with E-state index < -0.39 is 24.4 Å². The van der Waals surface area contributed by atoms with Crippen molar-refractivity contribution in [3.63, 3.8) is 0 Å². The SMILES string of the molecule is O=C(O)CC1(OCC(F)(F)F)CCC1. The Morgan fingerprint density at radius 3 is 2.29 bits per heavy atom. The maximum absolute atomic E-state index is 11.8. The number of rotatable bonds is 4. The summed E-state index contributed by atoms with van der Waals surface area (Å²) in [6, 6.07) is 0. The van der Waals surface area contributed by atoms with Crippen LogP contribution in [-0.4, -0.2) is 29.5 Å². The summed E-state index contributed by atoms with van der Waals surface area (Å²) in [6.45, 7) is -1.36. The number of carboxylic acid groups (broad SMARTS) is 1. The third-order valence-electron chi connectivity index (χ3n) is 2.28. The zero-order chi connectivity index (χ0) is 10.8. The second-order valence-corrected chi connectivity index (χ2v) is 3.51. The largest absolute Gasteiger partial charge is 0.481 e. The molecule has 1 N–H and O–H groups in total. The molecule has 0 atom stereocenters. The number of ether oxygens (including phenoxy) is 1. The Kier molecular flexibility index (Phi) is 3.04. The van der Waals surface area contributed by atoms with Gasteiger partial charge in [-0.2, -0.15) is 13.2 Å². The fraction of sp³-hybridized carbons (Fsp3) is 0.875. The summed E-state index contributed by atoms with van der Waals surface area (Å²) in [4.78, 5) is 10.4. The number of halogens is 3. The fourth-order valence-electron chi connectivity index (χ4n) is 1.45. The van der Waals surface area contributed by atoms with Crippen LogP contribution in [0.3, 0.4) is 0 Å². The van der Waals surface area contributed by atoms with Crippen molar-refractivity contribution in [2.24, 2.45) is 0 Å². The second kappa shape index (κ2) is 3.76. The zero-order valence-electron chi connectivity index (χ0n) is 7.43. The van der Waals surface area contributed by atoms with Crippen LogP contribution in [0.25, 0.3) is 0 Å². The van der Waals surface area contributed by atoms with Gasteiger partial charge in [-0.25, -0.2) is 0 Å². The van der Waals surface area contributed by atoms with Crippen molar-refractivity contribution in [3.05, 3.63) is 0 Å². The summed E-state index contributed by atoms with van der Waals surface area (Å²) in [5, 5.41) is 8.48. The van der Waals surface area contributed by atoms with Gasteiger partial charge in [0, 0.05) is 0 Å². The van der Waals surface area contributed by atoms with E-state index in [-0.39, 0.29) is 6.42 Å². The highest BCUT2D eigenvalue weighted by Crippen LogP contribution is 2.39. The van der Waals surface area contributed by atoms with Crippen molar-refractivity contribution in [1.29, 1.82) is 0 Å². The molecule has 0 aromatic rings. The van der Waals surface area contributed by atoms with Gasteiger partial charge in [0.05, 0.1) is 12.0 Å². The molecule has 0 saturated heterocycles. The van der Waals surface area contributed by atoms with Gasteiger partial charge in [0.25, 0.3) is 0 Å². The minimum Gasteiger partial charge on any atom is -0.481 e. The van der Waals surface area contributed by atoms with Crippen LogP contribution in [0, 0.1) is 0 Å². The van der Waals surface area contributed by atoms with E-state index in [1.165, 1.54) is 0 Å². The molecule has 0 spiro atoms. The molecule has 1 aliphatic rings. The maximum Gasteiger partial charge on any atom is 0.411 e. The van der Waals surface area contributed by atoms with Crippen LogP contribution in [0.1, 0.15) is 25.7 Å². The predicted molar refractivity (Wildman–Crippen MR) is 40.8 cm³/mol. The average molecular weight is 212 g/mol. The summed E-state index contributed by atoms with van der Waals surface area (Å²) >= 11 is 0. The smallest absolute Gasteiger partial charge is 0.411 e. The highest BCUT2D eigenvalue weighted by atomic mass is 19.4. The molecule has 0 unspecified atom stereocenters. The molecule has 14 heavy (non-hydrogen) atoms. The molecule has 1 fully saturated rings. The van der Waals surface area contributed by atoms with E-state index in [0.717, 1.165) is 6.42 Å². The maximum atomic E-state index is 11.8. The van der Waals surface area contributed by atoms with Gasteiger partial charge in [0.2, 0.25) is 0 Å². The Balaban J connectivity index is 2.42. The minimum absolute atomic E-state index is 0.344. The van der Waals surface area contributed by atoms with Crippen LogP contribution in [0.15, 0.2) is 0 Å². The first-order valence-electron chi connectivity index (χ1n) is 4.26. The summed E-state index contributed by atoms with van der Waals surface area (Å²) in [5.74, 6) is -1.12. The molecule has 0 amide bonds. The van der Waals surface area contributed by atoms with Gasteiger partial charge in [0.15, 0.2) is 0 Å². The van der Waals surface area contributed by atoms with Crippen molar-refractivity contribution in [2.45, 2.75) is 37.5 Å². The number of carbonyl (C=O) groups is 1. The molecule has 82 valence electrons. The van der Waals surface area contributed by atoms with Gasteiger partial charge in [-0.15, -0.1) is 0 Å². The highest BCUT2D eigenvalue weighted by molar-refractivity contribution is 5.68. The van der Waals surface area contributed by atoms with Gasteiger partial charge in [0.1, 0.15) is 6.61 Å². The van der Waals surface area contributed by atoms with Crippen molar-refractivity contribution in [3.8, 4) is 0 Å². The summed E-state index contributed by atoms with van der Waals surface area (Å²) < 4.78 is 40.1. The summed E-state index contributed by atoms with van der Waals surface area (Å²) in [6.07, 6.45) is -3.21. The van der Waals surface area contributed by atoms with E-state index in [1.807, 2.05) is 0 Å². The molecule has 6 heteroatoms. The van der Waals surface area contributed by atoms with Gasteiger partial charge >= 0.3 is 12.1 Å². The number of hydrogen-bond donors (Lipinski definition) is 1. The van der Waals surface area contributed by atoms with E-state index in [1.54, 1.807) is 0 Å². The minimum atomic E-state index is -4.39. The Morgan fingerprint density at radius 1 is 1.43 bits per heavy atom. The van der Waals surface area contributed by atoms with E-state index in [0.29, 0.717) is 12.8 Å². The molecule has 3 nitrogen and oxygen atoms in total. The Bertz CT molecular complexity index is 220. The van der Waals surface area contributed by atoms with E-state index >= 15 is 0 Å². The lowest BCUT2D eigenvalue weighted by Crippen LogP contribution is -2.44. The van der Waals surface area contributed by atoms with E-state index in [9.17, 15) is 18.0 Å². The summed E-state index contributed by atoms with van der Waals surface area (Å²) in [5.41, 5.74) is -1.07. The molecule has 1 rings (SSSR count). The van der Waals surface area contributed by atoms with Crippen LogP contribution < -0.4 is 0 Å². The van der Waals surface area contributed by atoms with Gasteiger partial charge in [-0.3, -0.25) is 4.79 Å². The molecule has 0 heterocycles. The Hall–Kier alpha value is -0.780. The molecule has 0 aromatic heterocycles. The van der Waals surface area contributed by atoms with Crippen molar-refractivity contribution in [1.82, 2.24) is 0 Å². The number of carboxylic acids is 1. The molecule has 0 bridgehead atoms. The number of alkyl halides is 3. The Morgan fingerprint density at radius 2 is 2.00 bits per heavy atom.